The molecule has 0 unspecified atom stereocenters. The second-order valence-electron chi connectivity index (χ2n) is 5.89. The number of aromatic nitrogens is 1. The lowest BCUT2D eigenvalue weighted by molar-refractivity contribution is 0.0734. The summed E-state index contributed by atoms with van der Waals surface area (Å²) in [5.41, 5.74) is 0.301. The predicted octanol–water partition coefficient (Wildman–Crippen LogP) is 0.924. The highest BCUT2D eigenvalue weighted by molar-refractivity contribution is 7.89. The molecule has 0 saturated heterocycles. The van der Waals surface area contributed by atoms with Gasteiger partial charge in [-0.2, -0.15) is 0 Å². The van der Waals surface area contributed by atoms with Gasteiger partial charge in [0.2, 0.25) is 10.0 Å². The molecule has 20 heavy (non-hydrogen) atoms. The van der Waals surface area contributed by atoms with Gasteiger partial charge in [0.05, 0.1) is 4.90 Å². The van der Waals surface area contributed by atoms with Gasteiger partial charge in [-0.3, -0.25) is 4.79 Å². The summed E-state index contributed by atoms with van der Waals surface area (Å²) in [7, 11) is -3.76. The van der Waals surface area contributed by atoms with Crippen molar-refractivity contribution in [1.82, 2.24) is 9.88 Å². The fourth-order valence-electron chi connectivity index (χ4n) is 2.30. The lowest BCUT2D eigenvalue weighted by Crippen LogP contribution is -2.35. The highest BCUT2D eigenvalue weighted by Gasteiger charge is 2.32. The molecule has 2 fully saturated rings. The zero-order valence-corrected chi connectivity index (χ0v) is 12.0. The Morgan fingerprint density at radius 1 is 1.25 bits per heavy atom. The molecule has 0 aromatic carbocycles. The van der Waals surface area contributed by atoms with Gasteiger partial charge in [-0.1, -0.05) is 0 Å². The van der Waals surface area contributed by atoms with Crippen molar-refractivity contribution in [2.75, 3.05) is 13.1 Å². The van der Waals surface area contributed by atoms with Gasteiger partial charge in [0, 0.05) is 19.3 Å². The number of carbonyl (C=O) groups excluding carboxylic acids is 1. The van der Waals surface area contributed by atoms with Gasteiger partial charge in [-0.15, -0.1) is 0 Å². The topological polar surface area (TPSA) is 96.3 Å². The van der Waals surface area contributed by atoms with E-state index in [-0.39, 0.29) is 10.8 Å². The maximum absolute atomic E-state index is 12.5. The van der Waals surface area contributed by atoms with Crippen LogP contribution < -0.4 is 5.14 Å². The molecule has 3 rings (SSSR count). The van der Waals surface area contributed by atoms with Crippen LogP contribution >= 0.6 is 0 Å². The summed E-state index contributed by atoms with van der Waals surface area (Å²) in [6.07, 6.45) is 6.00. The third-order valence-corrected chi connectivity index (χ3v) is 4.75. The molecule has 1 aromatic rings. The fourth-order valence-corrected chi connectivity index (χ4v) is 2.80. The van der Waals surface area contributed by atoms with Gasteiger partial charge < -0.3 is 9.88 Å². The van der Waals surface area contributed by atoms with Gasteiger partial charge in [0.15, 0.2) is 0 Å². The van der Waals surface area contributed by atoms with Crippen LogP contribution in [0.4, 0.5) is 0 Å². The Kier molecular flexibility index (Phi) is 3.33. The van der Waals surface area contributed by atoms with Crippen LogP contribution in [0.1, 0.15) is 36.2 Å². The van der Waals surface area contributed by atoms with Crippen molar-refractivity contribution in [3.63, 3.8) is 0 Å². The standard InChI is InChI=1S/C13H19N3O3S/c14-20(18,19)11-5-12(15-6-11)13(17)16(7-9-1-2-9)8-10-3-4-10/h5-6,9-10,15H,1-4,7-8H2,(H2,14,18,19). The van der Waals surface area contributed by atoms with E-state index in [1.807, 2.05) is 4.90 Å². The molecule has 6 nitrogen and oxygen atoms in total. The van der Waals surface area contributed by atoms with Crippen molar-refractivity contribution in [2.24, 2.45) is 17.0 Å². The van der Waals surface area contributed by atoms with Crippen LogP contribution in [0.15, 0.2) is 17.2 Å². The summed E-state index contributed by atoms with van der Waals surface area (Å²) in [4.78, 5) is 17.0. The number of nitrogens with zero attached hydrogens (tertiary/aromatic N) is 1. The maximum atomic E-state index is 12.5. The molecule has 0 aliphatic heterocycles. The summed E-state index contributed by atoms with van der Waals surface area (Å²) >= 11 is 0. The Hall–Kier alpha value is -1.34. The Morgan fingerprint density at radius 2 is 1.80 bits per heavy atom. The van der Waals surface area contributed by atoms with E-state index in [1.165, 1.54) is 37.9 Å². The summed E-state index contributed by atoms with van der Waals surface area (Å²) in [6, 6.07) is 1.32. The number of amides is 1. The second-order valence-corrected chi connectivity index (χ2v) is 7.45. The first kappa shape index (κ1) is 13.6. The van der Waals surface area contributed by atoms with Gasteiger partial charge >= 0.3 is 0 Å². The van der Waals surface area contributed by atoms with Crippen molar-refractivity contribution in [2.45, 2.75) is 30.6 Å². The number of rotatable bonds is 6. The Labute approximate surface area is 118 Å². The molecule has 7 heteroatoms. The van der Waals surface area contributed by atoms with Gasteiger partial charge in [-0.05, 0) is 43.6 Å². The molecule has 2 aliphatic carbocycles. The summed E-state index contributed by atoms with van der Waals surface area (Å²) < 4.78 is 22.5. The highest BCUT2D eigenvalue weighted by Crippen LogP contribution is 2.34. The van der Waals surface area contributed by atoms with Gasteiger partial charge in [0.1, 0.15) is 5.69 Å². The molecule has 2 aliphatic rings. The van der Waals surface area contributed by atoms with E-state index in [4.69, 9.17) is 5.14 Å². The molecular formula is C13H19N3O3S. The van der Waals surface area contributed by atoms with E-state index in [2.05, 4.69) is 4.98 Å². The molecule has 1 amide bonds. The lowest BCUT2D eigenvalue weighted by Gasteiger charge is -2.21. The highest BCUT2D eigenvalue weighted by atomic mass is 32.2. The van der Waals surface area contributed by atoms with Crippen molar-refractivity contribution in [1.29, 1.82) is 0 Å². The molecule has 2 saturated carbocycles. The van der Waals surface area contributed by atoms with Crippen LogP contribution in [0.3, 0.4) is 0 Å². The van der Waals surface area contributed by atoms with Crippen LogP contribution in [0.2, 0.25) is 0 Å². The van der Waals surface area contributed by atoms with Crippen molar-refractivity contribution < 1.29 is 13.2 Å². The first-order valence-electron chi connectivity index (χ1n) is 6.94. The predicted molar refractivity (Wildman–Crippen MR) is 73.5 cm³/mol. The number of nitrogens with one attached hydrogen (secondary N) is 1. The van der Waals surface area contributed by atoms with Crippen LogP contribution in [0, 0.1) is 11.8 Å². The van der Waals surface area contributed by atoms with Crippen molar-refractivity contribution >= 4 is 15.9 Å². The summed E-state index contributed by atoms with van der Waals surface area (Å²) in [5.74, 6) is 1.11. The SMILES string of the molecule is NS(=O)(=O)c1c[nH]c(C(=O)N(CC2CC2)CC2CC2)c1. The van der Waals surface area contributed by atoms with E-state index in [9.17, 15) is 13.2 Å². The molecule has 0 radical (unpaired) electrons. The molecule has 1 aromatic heterocycles. The fraction of sp³-hybridized carbons (Fsp3) is 0.615. The molecular weight excluding hydrogens is 278 g/mol. The molecule has 3 N–H and O–H groups in total. The number of sulfonamides is 1. The normalized spacial score (nSPS) is 19.1. The van der Waals surface area contributed by atoms with E-state index in [1.54, 1.807) is 0 Å². The first-order valence-corrected chi connectivity index (χ1v) is 8.48. The Bertz CT molecular complexity index is 601. The zero-order chi connectivity index (χ0) is 14.3. The molecule has 110 valence electrons. The van der Waals surface area contributed by atoms with Gasteiger partial charge in [-0.25, -0.2) is 13.6 Å². The quantitative estimate of drug-likeness (QED) is 0.817. The first-order chi connectivity index (χ1) is 9.43. The minimum atomic E-state index is -3.76. The summed E-state index contributed by atoms with van der Waals surface area (Å²) in [6.45, 7) is 1.55. The van der Waals surface area contributed by atoms with E-state index in [0.717, 1.165) is 13.1 Å². The number of nitrogens with two attached hydrogens (primary N) is 1. The Balaban J connectivity index is 1.75. The largest absolute Gasteiger partial charge is 0.356 e. The van der Waals surface area contributed by atoms with Crippen LogP contribution in [-0.2, 0) is 10.0 Å². The van der Waals surface area contributed by atoms with Crippen LogP contribution in [0.25, 0.3) is 0 Å². The lowest BCUT2D eigenvalue weighted by atomic mass is 10.2. The van der Waals surface area contributed by atoms with E-state index < -0.39 is 10.0 Å². The smallest absolute Gasteiger partial charge is 0.270 e. The number of hydrogen-bond acceptors (Lipinski definition) is 3. The van der Waals surface area contributed by atoms with E-state index >= 15 is 0 Å². The Morgan fingerprint density at radius 3 is 2.20 bits per heavy atom. The third-order valence-electron chi connectivity index (χ3n) is 3.85. The average molecular weight is 297 g/mol. The molecule has 0 atom stereocenters. The number of carbonyl (C=O) groups is 1. The number of aromatic amines is 1. The number of primary sulfonamides is 1. The molecule has 0 spiro atoms. The van der Waals surface area contributed by atoms with Crippen molar-refractivity contribution in [3.05, 3.63) is 18.0 Å². The number of hydrogen-bond donors (Lipinski definition) is 2. The second kappa shape index (κ2) is 4.89. The third kappa shape index (κ3) is 3.21. The maximum Gasteiger partial charge on any atom is 0.270 e. The molecule has 0 bridgehead atoms. The van der Waals surface area contributed by atoms with Crippen molar-refractivity contribution in [3.8, 4) is 0 Å². The van der Waals surface area contributed by atoms with Crippen LogP contribution in [-0.4, -0.2) is 37.3 Å². The zero-order valence-electron chi connectivity index (χ0n) is 11.2. The average Bonchev–Trinajstić information content (AvgIpc) is 3.28. The van der Waals surface area contributed by atoms with E-state index in [0.29, 0.717) is 17.5 Å². The number of H-pyrrole nitrogens is 1. The summed E-state index contributed by atoms with van der Waals surface area (Å²) in [5, 5.41) is 5.06. The van der Waals surface area contributed by atoms with Gasteiger partial charge in [0.25, 0.3) is 5.91 Å². The minimum Gasteiger partial charge on any atom is -0.356 e. The minimum absolute atomic E-state index is 0.0429. The molecule has 1 heterocycles. The monoisotopic (exact) mass is 297 g/mol. The van der Waals surface area contributed by atoms with Crippen LogP contribution in [0.5, 0.6) is 0 Å².